The van der Waals surface area contributed by atoms with Crippen LogP contribution in [-0.4, -0.2) is 39.4 Å². The summed E-state index contributed by atoms with van der Waals surface area (Å²) >= 11 is 0. The second-order valence-corrected chi connectivity index (χ2v) is 6.35. The Morgan fingerprint density at radius 1 is 1.29 bits per heavy atom. The van der Waals surface area contributed by atoms with Crippen LogP contribution in [0.4, 0.5) is 13.2 Å². The summed E-state index contributed by atoms with van der Waals surface area (Å²) in [7, 11) is -3.35. The fourth-order valence-electron chi connectivity index (χ4n) is 1.35. The van der Waals surface area contributed by atoms with Gasteiger partial charge in [-0.25, -0.2) is 8.42 Å². The molecular formula is C12H14F3NO4S. The average molecular weight is 325 g/mol. The van der Waals surface area contributed by atoms with Crippen LogP contribution in [0.3, 0.4) is 0 Å². The van der Waals surface area contributed by atoms with Gasteiger partial charge in [-0.15, -0.1) is 0 Å². The highest BCUT2D eigenvalue weighted by Crippen LogP contribution is 2.17. The number of halogens is 3. The maximum atomic E-state index is 12.0. The van der Waals surface area contributed by atoms with E-state index in [2.05, 4.69) is 0 Å². The minimum absolute atomic E-state index is 0.0732. The third-order valence-corrected chi connectivity index (χ3v) is 3.53. The van der Waals surface area contributed by atoms with E-state index in [1.807, 2.05) is 0 Å². The summed E-state index contributed by atoms with van der Waals surface area (Å²) in [6.45, 7) is -0.150. The first-order valence-corrected chi connectivity index (χ1v) is 7.69. The van der Waals surface area contributed by atoms with Gasteiger partial charge in [0, 0.05) is 6.26 Å². The van der Waals surface area contributed by atoms with Crippen molar-refractivity contribution in [3.8, 4) is 5.75 Å². The van der Waals surface area contributed by atoms with E-state index in [1.165, 1.54) is 31.2 Å². The van der Waals surface area contributed by atoms with Crippen molar-refractivity contribution in [1.82, 2.24) is 5.32 Å². The van der Waals surface area contributed by atoms with E-state index in [0.29, 0.717) is 0 Å². The van der Waals surface area contributed by atoms with Crippen molar-refractivity contribution in [2.24, 2.45) is 0 Å². The predicted molar refractivity (Wildman–Crippen MR) is 68.7 cm³/mol. The van der Waals surface area contributed by atoms with Crippen molar-refractivity contribution < 1.29 is 31.1 Å². The van der Waals surface area contributed by atoms with Crippen LogP contribution in [0.15, 0.2) is 29.2 Å². The molecule has 0 fully saturated rings. The Bertz CT molecular complexity index is 596. The number of hydrogen-bond acceptors (Lipinski definition) is 4. The maximum Gasteiger partial charge on any atom is 0.405 e. The second kappa shape index (κ2) is 6.33. The summed E-state index contributed by atoms with van der Waals surface area (Å²) in [4.78, 5) is 11.5. The van der Waals surface area contributed by atoms with Crippen molar-refractivity contribution in [3.63, 3.8) is 0 Å². The lowest BCUT2D eigenvalue weighted by Gasteiger charge is -2.15. The van der Waals surface area contributed by atoms with Crippen LogP contribution in [0.1, 0.15) is 6.92 Å². The van der Waals surface area contributed by atoms with E-state index in [9.17, 15) is 26.4 Å². The van der Waals surface area contributed by atoms with Gasteiger partial charge in [0.1, 0.15) is 12.3 Å². The molecule has 0 aliphatic rings. The predicted octanol–water partition coefficient (Wildman–Crippen LogP) is 1.54. The largest absolute Gasteiger partial charge is 0.481 e. The number of ether oxygens (including phenoxy) is 1. The number of rotatable bonds is 5. The van der Waals surface area contributed by atoms with Crippen molar-refractivity contribution >= 4 is 15.7 Å². The van der Waals surface area contributed by atoms with Gasteiger partial charge in [0.15, 0.2) is 15.9 Å². The summed E-state index contributed by atoms with van der Waals surface area (Å²) in [6.07, 6.45) is -4.60. The van der Waals surface area contributed by atoms with E-state index < -0.39 is 34.6 Å². The van der Waals surface area contributed by atoms with Gasteiger partial charge in [-0.3, -0.25) is 4.79 Å². The van der Waals surface area contributed by atoms with Gasteiger partial charge in [0.2, 0.25) is 0 Å². The van der Waals surface area contributed by atoms with E-state index in [1.54, 1.807) is 5.32 Å². The number of benzene rings is 1. The molecule has 0 aromatic heterocycles. The first-order valence-electron chi connectivity index (χ1n) is 5.80. The summed E-state index contributed by atoms with van der Waals surface area (Å²) < 4.78 is 63.5. The fourth-order valence-corrected chi connectivity index (χ4v) is 1.98. The Labute approximate surface area is 120 Å². The van der Waals surface area contributed by atoms with Crippen LogP contribution in [0.2, 0.25) is 0 Å². The number of amides is 1. The minimum atomic E-state index is -4.49. The first kappa shape index (κ1) is 17.3. The van der Waals surface area contributed by atoms with E-state index in [-0.39, 0.29) is 10.6 Å². The molecule has 9 heteroatoms. The zero-order chi connectivity index (χ0) is 16.3. The van der Waals surface area contributed by atoms with Crippen LogP contribution in [-0.2, 0) is 14.6 Å². The number of sulfone groups is 1. The quantitative estimate of drug-likeness (QED) is 0.891. The molecular weight excluding hydrogens is 311 g/mol. The van der Waals surface area contributed by atoms with Gasteiger partial charge in [0.25, 0.3) is 5.91 Å². The zero-order valence-electron chi connectivity index (χ0n) is 11.3. The molecule has 0 aliphatic carbocycles. The topological polar surface area (TPSA) is 72.5 Å². The van der Waals surface area contributed by atoms with Gasteiger partial charge in [-0.2, -0.15) is 13.2 Å². The Kier molecular flexibility index (Phi) is 5.21. The maximum absolute atomic E-state index is 12.0. The fraction of sp³-hybridized carbons (Fsp3) is 0.417. The Balaban J connectivity index is 2.62. The number of carbonyl (C=O) groups is 1. The van der Waals surface area contributed by atoms with E-state index in [4.69, 9.17) is 4.74 Å². The molecule has 1 atom stereocenters. The first-order chi connectivity index (χ1) is 9.49. The number of nitrogens with one attached hydrogen (secondary N) is 1. The van der Waals surface area contributed by atoms with Crippen molar-refractivity contribution in [2.45, 2.75) is 24.1 Å². The minimum Gasteiger partial charge on any atom is -0.481 e. The summed E-state index contributed by atoms with van der Waals surface area (Å²) in [5.41, 5.74) is 0. The van der Waals surface area contributed by atoms with Crippen LogP contribution in [0.5, 0.6) is 5.75 Å². The lowest BCUT2D eigenvalue weighted by atomic mass is 10.3. The van der Waals surface area contributed by atoms with Crippen LogP contribution >= 0.6 is 0 Å². The lowest BCUT2D eigenvalue weighted by Crippen LogP contribution is -2.41. The molecule has 0 saturated heterocycles. The average Bonchev–Trinajstić information content (AvgIpc) is 2.34. The lowest BCUT2D eigenvalue weighted by molar-refractivity contribution is -0.142. The van der Waals surface area contributed by atoms with Crippen molar-refractivity contribution in [2.75, 3.05) is 12.8 Å². The highest BCUT2D eigenvalue weighted by Gasteiger charge is 2.29. The number of alkyl halides is 3. The van der Waals surface area contributed by atoms with E-state index >= 15 is 0 Å². The highest BCUT2D eigenvalue weighted by atomic mass is 32.2. The SMILES string of the molecule is C[C@H](Oc1ccc(S(C)(=O)=O)cc1)C(=O)NCC(F)(F)F. The van der Waals surface area contributed by atoms with Gasteiger partial charge in [0.05, 0.1) is 4.90 Å². The normalized spacial score (nSPS) is 13.6. The molecule has 118 valence electrons. The third kappa shape index (κ3) is 6.03. The molecule has 5 nitrogen and oxygen atoms in total. The smallest absolute Gasteiger partial charge is 0.405 e. The molecule has 1 N–H and O–H groups in total. The Hall–Kier alpha value is -1.77. The molecule has 0 unspecified atom stereocenters. The third-order valence-electron chi connectivity index (χ3n) is 2.40. The Morgan fingerprint density at radius 2 is 1.81 bits per heavy atom. The molecule has 1 rings (SSSR count). The highest BCUT2D eigenvalue weighted by molar-refractivity contribution is 7.90. The Morgan fingerprint density at radius 3 is 2.24 bits per heavy atom. The monoisotopic (exact) mass is 325 g/mol. The van der Waals surface area contributed by atoms with Crippen LogP contribution < -0.4 is 10.1 Å². The molecule has 0 spiro atoms. The van der Waals surface area contributed by atoms with Gasteiger partial charge in [-0.05, 0) is 31.2 Å². The number of carbonyl (C=O) groups excluding carboxylic acids is 1. The molecule has 0 aliphatic heterocycles. The molecule has 1 aromatic carbocycles. The van der Waals surface area contributed by atoms with Crippen LogP contribution in [0.25, 0.3) is 0 Å². The van der Waals surface area contributed by atoms with Gasteiger partial charge in [-0.1, -0.05) is 0 Å². The molecule has 0 heterocycles. The molecule has 1 aromatic rings. The molecule has 1 amide bonds. The standard InChI is InChI=1S/C12H14F3NO4S/c1-8(11(17)16-7-12(13,14)15)20-9-3-5-10(6-4-9)21(2,18)19/h3-6,8H,7H2,1-2H3,(H,16,17)/t8-/m0/s1. The summed E-state index contributed by atoms with van der Waals surface area (Å²) in [6, 6.07) is 5.21. The molecule has 0 bridgehead atoms. The van der Waals surface area contributed by atoms with Gasteiger partial charge >= 0.3 is 6.18 Å². The zero-order valence-corrected chi connectivity index (χ0v) is 12.1. The molecule has 0 saturated carbocycles. The van der Waals surface area contributed by atoms with Crippen molar-refractivity contribution in [1.29, 1.82) is 0 Å². The molecule has 0 radical (unpaired) electrons. The van der Waals surface area contributed by atoms with Gasteiger partial charge < -0.3 is 10.1 Å². The van der Waals surface area contributed by atoms with Crippen LogP contribution in [0, 0.1) is 0 Å². The van der Waals surface area contributed by atoms with Crippen molar-refractivity contribution in [3.05, 3.63) is 24.3 Å². The summed E-state index contributed by atoms with van der Waals surface area (Å²) in [5, 5.41) is 1.69. The number of hydrogen-bond donors (Lipinski definition) is 1. The molecule has 21 heavy (non-hydrogen) atoms. The summed E-state index contributed by atoms with van der Waals surface area (Å²) in [5.74, 6) is -0.739. The van der Waals surface area contributed by atoms with E-state index in [0.717, 1.165) is 6.26 Å². The second-order valence-electron chi connectivity index (χ2n) is 4.34.